The number of rotatable bonds is 2. The number of ether oxygens (including phenoxy) is 2. The van der Waals surface area contributed by atoms with Gasteiger partial charge in [-0.3, -0.25) is 0 Å². The fourth-order valence-electron chi connectivity index (χ4n) is 6.74. The number of allylic oxidation sites excluding steroid dienone is 2. The molecule has 0 bridgehead atoms. The Bertz CT molecular complexity index is 1360. The molecule has 2 heterocycles. The summed E-state index contributed by atoms with van der Waals surface area (Å²) in [6.45, 7) is 4.56. The summed E-state index contributed by atoms with van der Waals surface area (Å²) in [6.07, 6.45) is 9.82. The van der Waals surface area contributed by atoms with Gasteiger partial charge >= 0.3 is 0 Å². The Balaban J connectivity index is 1.31. The highest BCUT2D eigenvalue weighted by molar-refractivity contribution is 5.80. The average molecular weight is 461 g/mol. The first-order valence-electron chi connectivity index (χ1n) is 13.2. The first kappa shape index (κ1) is 21.1. The van der Waals surface area contributed by atoms with E-state index in [1.54, 1.807) is 0 Å². The second-order valence-corrected chi connectivity index (χ2v) is 11.0. The first-order chi connectivity index (χ1) is 17.1. The molecule has 2 heteroatoms. The smallest absolute Gasteiger partial charge is 0.134 e. The summed E-state index contributed by atoms with van der Waals surface area (Å²) >= 11 is 0. The third-order valence-corrected chi connectivity index (χ3v) is 8.55. The van der Waals surface area contributed by atoms with Crippen LogP contribution in [-0.2, 0) is 0 Å². The molecule has 3 aromatic carbocycles. The lowest BCUT2D eigenvalue weighted by Crippen LogP contribution is -2.26. The number of benzene rings is 3. The summed E-state index contributed by atoms with van der Waals surface area (Å²) in [5.74, 6) is 3.62. The minimum Gasteiger partial charge on any atom is -0.489 e. The molecule has 5 atom stereocenters. The molecule has 2 aliphatic carbocycles. The predicted molar refractivity (Wildman–Crippen MR) is 142 cm³/mol. The lowest BCUT2D eigenvalue weighted by Gasteiger charge is -2.28. The highest BCUT2D eigenvalue weighted by atomic mass is 16.5. The Morgan fingerprint density at radius 3 is 2.60 bits per heavy atom. The van der Waals surface area contributed by atoms with Crippen LogP contribution in [0, 0.1) is 12.8 Å². The summed E-state index contributed by atoms with van der Waals surface area (Å²) in [5, 5.41) is 0. The van der Waals surface area contributed by atoms with Crippen LogP contribution in [-0.4, -0.2) is 12.2 Å². The standard InChI is InChI=1S/C33H32O2/c1-20-6-5-7-22(16-20)23-11-13-25(33-29(18-23)26-8-3-4-9-30(26)35-33)24-12-15-32-28(19-24)27-17-21(2)10-14-31(27)34-32/h3-9,12-13,15-16,18-19,21,27,29,31,33H,10-11,14,17H2,1-2H3. The molecule has 1 saturated carbocycles. The Hall–Kier alpha value is -3.26. The quantitative estimate of drug-likeness (QED) is 0.385. The summed E-state index contributed by atoms with van der Waals surface area (Å²) in [5.41, 5.74) is 9.28. The van der Waals surface area contributed by atoms with Gasteiger partial charge in [0.25, 0.3) is 0 Å². The fourth-order valence-corrected chi connectivity index (χ4v) is 6.74. The molecule has 7 rings (SSSR count). The maximum absolute atomic E-state index is 6.66. The van der Waals surface area contributed by atoms with Crippen LogP contribution in [0.3, 0.4) is 0 Å². The molecule has 35 heavy (non-hydrogen) atoms. The molecule has 4 aliphatic rings. The summed E-state index contributed by atoms with van der Waals surface area (Å²) in [6, 6.07) is 24.3. The molecule has 0 saturated heterocycles. The molecule has 0 radical (unpaired) electrons. The van der Waals surface area contributed by atoms with Crippen LogP contribution in [0.1, 0.15) is 72.3 Å². The van der Waals surface area contributed by atoms with E-state index in [9.17, 15) is 0 Å². The van der Waals surface area contributed by atoms with Gasteiger partial charge in [-0.25, -0.2) is 0 Å². The molecule has 176 valence electrons. The molecular formula is C33H32O2. The van der Waals surface area contributed by atoms with Crippen LogP contribution >= 0.6 is 0 Å². The predicted octanol–water partition coefficient (Wildman–Crippen LogP) is 8.08. The molecule has 1 fully saturated rings. The second-order valence-electron chi connectivity index (χ2n) is 11.0. The Morgan fingerprint density at radius 1 is 0.800 bits per heavy atom. The maximum Gasteiger partial charge on any atom is 0.134 e. The normalized spacial score (nSPS) is 28.3. The van der Waals surface area contributed by atoms with Crippen LogP contribution in [0.2, 0.25) is 0 Å². The van der Waals surface area contributed by atoms with Crippen molar-refractivity contribution in [2.24, 2.45) is 5.92 Å². The van der Waals surface area contributed by atoms with E-state index in [1.165, 1.54) is 58.2 Å². The maximum atomic E-state index is 6.66. The van der Waals surface area contributed by atoms with Gasteiger partial charge in [-0.15, -0.1) is 0 Å². The molecule has 5 unspecified atom stereocenters. The van der Waals surface area contributed by atoms with E-state index in [0.29, 0.717) is 12.0 Å². The Labute approximate surface area is 208 Å². The van der Waals surface area contributed by atoms with Gasteiger partial charge < -0.3 is 9.47 Å². The van der Waals surface area contributed by atoms with Gasteiger partial charge in [0.1, 0.15) is 23.7 Å². The summed E-state index contributed by atoms with van der Waals surface area (Å²) in [4.78, 5) is 0. The van der Waals surface area contributed by atoms with Crippen molar-refractivity contribution < 1.29 is 9.47 Å². The van der Waals surface area contributed by atoms with Gasteiger partial charge in [0.05, 0.1) is 0 Å². The van der Waals surface area contributed by atoms with Crippen molar-refractivity contribution >= 4 is 11.1 Å². The van der Waals surface area contributed by atoms with Gasteiger partial charge in [-0.05, 0) is 79.0 Å². The van der Waals surface area contributed by atoms with Crippen molar-refractivity contribution in [3.8, 4) is 11.5 Å². The number of para-hydroxylation sites is 1. The van der Waals surface area contributed by atoms with E-state index < -0.39 is 0 Å². The third kappa shape index (κ3) is 3.54. The number of hydrogen-bond acceptors (Lipinski definition) is 2. The van der Waals surface area contributed by atoms with Crippen LogP contribution in [0.4, 0.5) is 0 Å². The molecule has 0 N–H and O–H groups in total. The van der Waals surface area contributed by atoms with Crippen molar-refractivity contribution in [3.05, 3.63) is 107 Å². The monoisotopic (exact) mass is 460 g/mol. The van der Waals surface area contributed by atoms with E-state index in [4.69, 9.17) is 9.47 Å². The number of hydrogen-bond donors (Lipinski definition) is 0. The van der Waals surface area contributed by atoms with Crippen molar-refractivity contribution in [3.63, 3.8) is 0 Å². The fraction of sp³-hybridized carbons (Fsp3) is 0.333. The van der Waals surface area contributed by atoms with E-state index in [2.05, 4.69) is 92.7 Å². The second kappa shape index (κ2) is 8.16. The van der Waals surface area contributed by atoms with Crippen LogP contribution < -0.4 is 9.47 Å². The Kier molecular flexibility index (Phi) is 4.91. The van der Waals surface area contributed by atoms with E-state index in [0.717, 1.165) is 23.8 Å². The molecule has 0 amide bonds. The minimum atomic E-state index is -0.00356. The molecule has 3 aromatic rings. The van der Waals surface area contributed by atoms with Gasteiger partial charge in [0.2, 0.25) is 0 Å². The lowest BCUT2D eigenvalue weighted by molar-refractivity contribution is 0.142. The van der Waals surface area contributed by atoms with Crippen molar-refractivity contribution in [1.82, 2.24) is 0 Å². The number of fused-ring (bicyclic) bond motifs is 6. The lowest BCUT2D eigenvalue weighted by atomic mass is 9.77. The van der Waals surface area contributed by atoms with Gasteiger partial charge in [0.15, 0.2) is 0 Å². The van der Waals surface area contributed by atoms with Crippen LogP contribution in [0.5, 0.6) is 11.5 Å². The van der Waals surface area contributed by atoms with Crippen molar-refractivity contribution in [1.29, 1.82) is 0 Å². The average Bonchev–Trinajstić information content (AvgIpc) is 3.35. The van der Waals surface area contributed by atoms with Crippen molar-refractivity contribution in [2.75, 3.05) is 0 Å². The minimum absolute atomic E-state index is 0.00356. The van der Waals surface area contributed by atoms with E-state index in [-0.39, 0.29) is 12.0 Å². The topological polar surface area (TPSA) is 18.5 Å². The zero-order valence-electron chi connectivity index (χ0n) is 20.5. The zero-order chi connectivity index (χ0) is 23.5. The Morgan fingerprint density at radius 2 is 1.69 bits per heavy atom. The van der Waals surface area contributed by atoms with Gasteiger partial charge in [-0.2, -0.15) is 0 Å². The SMILES string of the molecule is Cc1cccc(C2=CC3c4ccccc4OC3C(c3ccc4c(c3)C3CC(C)CCC3O4)=CC2)c1. The third-order valence-electron chi connectivity index (χ3n) is 8.55. The van der Waals surface area contributed by atoms with E-state index in [1.807, 2.05) is 0 Å². The molecule has 2 nitrogen and oxygen atoms in total. The van der Waals surface area contributed by atoms with Crippen LogP contribution in [0.15, 0.2) is 78.9 Å². The van der Waals surface area contributed by atoms with Crippen LogP contribution in [0.25, 0.3) is 11.1 Å². The van der Waals surface area contributed by atoms with Gasteiger partial charge in [0, 0.05) is 23.0 Å². The van der Waals surface area contributed by atoms with E-state index >= 15 is 0 Å². The molecule has 0 aromatic heterocycles. The summed E-state index contributed by atoms with van der Waals surface area (Å²) < 4.78 is 13.1. The number of aryl methyl sites for hydroxylation is 1. The molecule has 2 aliphatic heterocycles. The zero-order valence-corrected chi connectivity index (χ0v) is 20.5. The first-order valence-corrected chi connectivity index (χ1v) is 13.2. The molecular weight excluding hydrogens is 428 g/mol. The summed E-state index contributed by atoms with van der Waals surface area (Å²) in [7, 11) is 0. The largest absolute Gasteiger partial charge is 0.489 e. The van der Waals surface area contributed by atoms with Crippen molar-refractivity contribution in [2.45, 2.75) is 63.6 Å². The van der Waals surface area contributed by atoms with Gasteiger partial charge in [-0.1, -0.05) is 73.2 Å². The molecule has 0 spiro atoms. The highest BCUT2D eigenvalue weighted by Gasteiger charge is 2.40. The highest BCUT2D eigenvalue weighted by Crippen LogP contribution is 2.51.